The van der Waals surface area contributed by atoms with Crippen molar-refractivity contribution in [1.29, 1.82) is 0 Å². The number of halogens is 2. The molecule has 1 heterocycles. The summed E-state index contributed by atoms with van der Waals surface area (Å²) in [6, 6.07) is 2.53. The Balaban J connectivity index is 2.80. The van der Waals surface area contributed by atoms with Crippen LogP contribution < -0.4 is 5.32 Å². The molecule has 1 aromatic rings. The first-order valence-electron chi connectivity index (χ1n) is 6.28. The van der Waals surface area contributed by atoms with E-state index in [9.17, 15) is 0 Å². The SMILES string of the molecule is CCCNC(c1cc(Cl)c(Br)s1)C(C)CCC. The van der Waals surface area contributed by atoms with Crippen LogP contribution in [0.5, 0.6) is 0 Å². The number of nitrogens with one attached hydrogen (secondary N) is 1. The van der Waals surface area contributed by atoms with Gasteiger partial charge in [0.15, 0.2) is 0 Å². The lowest BCUT2D eigenvalue weighted by molar-refractivity contribution is 0.368. The second-order valence-electron chi connectivity index (χ2n) is 4.47. The van der Waals surface area contributed by atoms with Gasteiger partial charge in [0.25, 0.3) is 0 Å². The maximum atomic E-state index is 6.13. The molecule has 0 fully saturated rings. The molecule has 1 aromatic heterocycles. The van der Waals surface area contributed by atoms with Crippen molar-refractivity contribution < 1.29 is 0 Å². The molecule has 0 aliphatic heterocycles. The van der Waals surface area contributed by atoms with E-state index >= 15 is 0 Å². The van der Waals surface area contributed by atoms with Gasteiger partial charge >= 0.3 is 0 Å². The zero-order valence-corrected chi connectivity index (χ0v) is 13.9. The first-order valence-corrected chi connectivity index (χ1v) is 8.27. The van der Waals surface area contributed by atoms with Gasteiger partial charge in [0, 0.05) is 10.9 Å². The summed E-state index contributed by atoms with van der Waals surface area (Å²) < 4.78 is 1.04. The molecule has 0 saturated heterocycles. The van der Waals surface area contributed by atoms with E-state index in [-0.39, 0.29) is 0 Å². The highest BCUT2D eigenvalue weighted by Crippen LogP contribution is 2.38. The zero-order chi connectivity index (χ0) is 12.8. The van der Waals surface area contributed by atoms with Crippen molar-refractivity contribution in [3.05, 3.63) is 19.8 Å². The average molecular weight is 339 g/mol. The Hall–Kier alpha value is 0.430. The molecular formula is C13H21BrClNS. The minimum Gasteiger partial charge on any atom is -0.309 e. The van der Waals surface area contributed by atoms with Gasteiger partial charge in [-0.25, -0.2) is 0 Å². The molecule has 17 heavy (non-hydrogen) atoms. The van der Waals surface area contributed by atoms with Crippen LogP contribution in [0.1, 0.15) is 51.0 Å². The largest absolute Gasteiger partial charge is 0.309 e. The van der Waals surface area contributed by atoms with Gasteiger partial charge in [0.1, 0.15) is 0 Å². The molecule has 2 atom stereocenters. The van der Waals surface area contributed by atoms with Crippen LogP contribution in [0, 0.1) is 5.92 Å². The fraction of sp³-hybridized carbons (Fsp3) is 0.692. The molecular weight excluding hydrogens is 318 g/mol. The van der Waals surface area contributed by atoms with Crippen LogP contribution in [-0.2, 0) is 0 Å². The minimum atomic E-state index is 0.434. The molecule has 2 unspecified atom stereocenters. The fourth-order valence-corrected chi connectivity index (χ4v) is 3.98. The average Bonchev–Trinajstić information content (AvgIpc) is 2.60. The molecule has 0 bridgehead atoms. The third kappa shape index (κ3) is 4.55. The van der Waals surface area contributed by atoms with Crippen LogP contribution in [0.2, 0.25) is 5.02 Å². The summed E-state index contributed by atoms with van der Waals surface area (Å²) in [5, 5.41) is 4.47. The third-order valence-electron chi connectivity index (χ3n) is 2.90. The summed E-state index contributed by atoms with van der Waals surface area (Å²) in [5.74, 6) is 0.646. The number of thiophene rings is 1. The minimum absolute atomic E-state index is 0.434. The molecule has 0 amide bonds. The smallest absolute Gasteiger partial charge is 0.0887 e. The van der Waals surface area contributed by atoms with E-state index in [4.69, 9.17) is 11.6 Å². The molecule has 0 aromatic carbocycles. The van der Waals surface area contributed by atoms with E-state index in [2.05, 4.69) is 48.1 Å². The summed E-state index contributed by atoms with van der Waals surface area (Å²) >= 11 is 11.4. The highest BCUT2D eigenvalue weighted by Gasteiger charge is 2.20. The number of hydrogen-bond donors (Lipinski definition) is 1. The van der Waals surface area contributed by atoms with Crippen molar-refractivity contribution in [3.8, 4) is 0 Å². The molecule has 1 N–H and O–H groups in total. The van der Waals surface area contributed by atoms with E-state index in [1.165, 1.54) is 17.7 Å². The number of rotatable bonds is 7. The van der Waals surface area contributed by atoms with Gasteiger partial charge in [-0.15, -0.1) is 11.3 Å². The van der Waals surface area contributed by atoms with Gasteiger partial charge in [-0.05, 0) is 47.3 Å². The Morgan fingerprint density at radius 2 is 2.12 bits per heavy atom. The molecule has 98 valence electrons. The Morgan fingerprint density at radius 1 is 1.41 bits per heavy atom. The van der Waals surface area contributed by atoms with Crippen LogP contribution in [0.25, 0.3) is 0 Å². The Kier molecular flexibility index (Phi) is 7.08. The fourth-order valence-electron chi connectivity index (χ4n) is 2.02. The Labute approximate surface area is 122 Å². The van der Waals surface area contributed by atoms with Gasteiger partial charge in [-0.2, -0.15) is 0 Å². The summed E-state index contributed by atoms with van der Waals surface area (Å²) in [4.78, 5) is 1.34. The normalized spacial score (nSPS) is 14.9. The van der Waals surface area contributed by atoms with Crippen molar-refractivity contribution in [2.75, 3.05) is 6.54 Å². The van der Waals surface area contributed by atoms with E-state index in [0.717, 1.165) is 21.8 Å². The van der Waals surface area contributed by atoms with E-state index < -0.39 is 0 Å². The maximum Gasteiger partial charge on any atom is 0.0887 e. The lowest BCUT2D eigenvalue weighted by Gasteiger charge is -2.24. The van der Waals surface area contributed by atoms with Gasteiger partial charge in [-0.3, -0.25) is 0 Å². The summed E-state index contributed by atoms with van der Waals surface area (Å²) in [6.07, 6.45) is 3.63. The van der Waals surface area contributed by atoms with Crippen LogP contribution in [0.15, 0.2) is 9.85 Å². The second kappa shape index (κ2) is 7.78. The quantitative estimate of drug-likeness (QED) is 0.678. The van der Waals surface area contributed by atoms with Crippen LogP contribution in [0.3, 0.4) is 0 Å². The van der Waals surface area contributed by atoms with Crippen molar-refractivity contribution in [3.63, 3.8) is 0 Å². The Bertz CT molecular complexity index is 321. The van der Waals surface area contributed by atoms with Crippen molar-refractivity contribution in [2.24, 2.45) is 5.92 Å². The molecule has 0 aliphatic rings. The second-order valence-corrected chi connectivity index (χ2v) is 7.28. The van der Waals surface area contributed by atoms with Gasteiger partial charge in [0.05, 0.1) is 8.81 Å². The number of hydrogen-bond acceptors (Lipinski definition) is 2. The molecule has 0 saturated carbocycles. The molecule has 0 aliphatic carbocycles. The lowest BCUT2D eigenvalue weighted by atomic mass is 9.95. The third-order valence-corrected chi connectivity index (χ3v) is 5.46. The van der Waals surface area contributed by atoms with Crippen molar-refractivity contribution in [1.82, 2.24) is 5.32 Å². The predicted octanol–water partition coefficient (Wildman–Crippen LogP) is 5.64. The molecule has 1 nitrogen and oxygen atoms in total. The molecule has 1 rings (SSSR count). The standard InChI is InChI=1S/C13H21BrClNS/c1-4-6-9(3)12(16-7-5-2)11-8-10(15)13(14)17-11/h8-9,12,16H,4-7H2,1-3H3. The predicted molar refractivity (Wildman–Crippen MR) is 82.1 cm³/mol. The van der Waals surface area contributed by atoms with Crippen molar-refractivity contribution >= 4 is 38.9 Å². The molecule has 0 radical (unpaired) electrons. The van der Waals surface area contributed by atoms with Crippen molar-refractivity contribution in [2.45, 2.75) is 46.1 Å². The topological polar surface area (TPSA) is 12.0 Å². The van der Waals surface area contributed by atoms with Crippen LogP contribution in [-0.4, -0.2) is 6.54 Å². The maximum absolute atomic E-state index is 6.13. The Morgan fingerprint density at radius 3 is 2.59 bits per heavy atom. The highest BCUT2D eigenvalue weighted by molar-refractivity contribution is 9.11. The molecule has 4 heteroatoms. The van der Waals surface area contributed by atoms with Gasteiger partial charge in [-0.1, -0.05) is 38.8 Å². The highest BCUT2D eigenvalue weighted by atomic mass is 79.9. The molecule has 0 spiro atoms. The summed E-state index contributed by atoms with van der Waals surface area (Å²) in [6.45, 7) is 7.82. The first kappa shape index (κ1) is 15.5. The zero-order valence-electron chi connectivity index (χ0n) is 10.7. The van der Waals surface area contributed by atoms with Gasteiger partial charge < -0.3 is 5.32 Å². The lowest BCUT2D eigenvalue weighted by Crippen LogP contribution is -2.27. The monoisotopic (exact) mass is 337 g/mol. The summed E-state index contributed by atoms with van der Waals surface area (Å²) in [7, 11) is 0. The summed E-state index contributed by atoms with van der Waals surface area (Å²) in [5.41, 5.74) is 0. The van der Waals surface area contributed by atoms with Gasteiger partial charge in [0.2, 0.25) is 0 Å². The first-order chi connectivity index (χ1) is 8.10. The van der Waals surface area contributed by atoms with Crippen LogP contribution >= 0.6 is 38.9 Å². The van der Waals surface area contributed by atoms with E-state index in [1.807, 2.05) is 0 Å². The van der Waals surface area contributed by atoms with E-state index in [0.29, 0.717) is 12.0 Å². The van der Waals surface area contributed by atoms with E-state index in [1.54, 1.807) is 11.3 Å². The van der Waals surface area contributed by atoms with Crippen LogP contribution in [0.4, 0.5) is 0 Å².